The van der Waals surface area contributed by atoms with Gasteiger partial charge in [-0.25, -0.2) is 4.98 Å². The molecule has 16 heteroatoms. The van der Waals surface area contributed by atoms with Crippen molar-refractivity contribution in [3.05, 3.63) is 70.4 Å². The van der Waals surface area contributed by atoms with Crippen molar-refractivity contribution >= 4 is 58.4 Å². The largest absolute Gasteiger partial charge is 0.391 e. The molecule has 2 fully saturated rings. The summed E-state index contributed by atoms with van der Waals surface area (Å²) in [6.45, 7) is 9.43. The second-order valence-electron chi connectivity index (χ2n) is 15.6. The van der Waals surface area contributed by atoms with E-state index in [0.717, 1.165) is 26.6 Å². The van der Waals surface area contributed by atoms with E-state index in [2.05, 4.69) is 26.3 Å². The lowest BCUT2D eigenvalue weighted by molar-refractivity contribution is -0.144. The van der Waals surface area contributed by atoms with E-state index in [9.17, 15) is 38.7 Å². The number of fused-ring (bicyclic) bond motifs is 1. The number of rotatable bonds is 12. The number of nitrogens with zero attached hydrogens (tertiary/aromatic N) is 3. The van der Waals surface area contributed by atoms with E-state index < -0.39 is 71.0 Å². The number of hydrogen-bond acceptors (Lipinski definition) is 11. The van der Waals surface area contributed by atoms with Crippen LogP contribution < -0.4 is 21.3 Å². The molecule has 6 rings (SSSR count). The van der Waals surface area contributed by atoms with Crippen molar-refractivity contribution in [2.24, 2.45) is 5.41 Å². The fourth-order valence-corrected chi connectivity index (χ4v) is 8.19. The fourth-order valence-electron chi connectivity index (χ4n) is 7.38. The minimum atomic E-state index is -1.09. The van der Waals surface area contributed by atoms with Crippen LogP contribution in [0.3, 0.4) is 0 Å². The van der Waals surface area contributed by atoms with Crippen LogP contribution in [0.1, 0.15) is 97.8 Å². The van der Waals surface area contributed by atoms with Crippen molar-refractivity contribution in [3.63, 3.8) is 0 Å². The number of piperidine rings is 1. The summed E-state index contributed by atoms with van der Waals surface area (Å²) < 4.78 is 0. The average molecular weight is 786 g/mol. The number of benzene rings is 2. The molecule has 0 radical (unpaired) electrons. The van der Waals surface area contributed by atoms with Gasteiger partial charge >= 0.3 is 0 Å². The third kappa shape index (κ3) is 8.35. The van der Waals surface area contributed by atoms with Gasteiger partial charge in [-0.2, -0.15) is 0 Å². The molecule has 2 aromatic carbocycles. The van der Waals surface area contributed by atoms with Gasteiger partial charge in [-0.1, -0.05) is 51.1 Å². The molecule has 15 nitrogen and oxygen atoms in total. The SMILES string of the molecule is Cc1ncsc1-c1ccc([C@H](C)NC(=O)[C@@H]2C[C@@H](O)CN2C(=O)C(NC(=O)CCCNc2cccc3c2C(=O)N(C2CCC(=O)NC2=O)C3=O)C(C)(C)C)cc1. The average Bonchev–Trinajstić information content (AvgIpc) is 3.83. The molecular formula is C40H47N7O8S. The zero-order valence-corrected chi connectivity index (χ0v) is 32.8. The number of aliphatic hydroxyl groups excluding tert-OH is 1. The fraction of sp³-hybridized carbons (Fsp3) is 0.450. The molecule has 0 bridgehead atoms. The van der Waals surface area contributed by atoms with Crippen LogP contribution in [0.2, 0.25) is 0 Å². The van der Waals surface area contributed by atoms with Crippen LogP contribution in [0.25, 0.3) is 10.4 Å². The highest BCUT2D eigenvalue weighted by molar-refractivity contribution is 7.13. The highest BCUT2D eigenvalue weighted by Gasteiger charge is 2.46. The topological polar surface area (TPSA) is 207 Å². The molecular weight excluding hydrogens is 739 g/mol. The Labute approximate surface area is 328 Å². The van der Waals surface area contributed by atoms with Gasteiger partial charge in [0.25, 0.3) is 11.8 Å². The summed E-state index contributed by atoms with van der Waals surface area (Å²) in [7, 11) is 0. The van der Waals surface area contributed by atoms with Crippen LogP contribution in [0.4, 0.5) is 5.69 Å². The van der Waals surface area contributed by atoms with E-state index >= 15 is 0 Å². The molecule has 5 atom stereocenters. The second kappa shape index (κ2) is 16.3. The summed E-state index contributed by atoms with van der Waals surface area (Å²) in [4.78, 5) is 99.3. The highest BCUT2D eigenvalue weighted by Crippen LogP contribution is 2.33. The summed E-state index contributed by atoms with van der Waals surface area (Å²) in [5.74, 6) is -3.69. The van der Waals surface area contributed by atoms with Crippen molar-refractivity contribution in [1.82, 2.24) is 30.7 Å². The number of carbonyl (C=O) groups is 7. The Morgan fingerprint density at radius 2 is 1.77 bits per heavy atom. The van der Waals surface area contributed by atoms with Gasteiger partial charge in [0.2, 0.25) is 29.5 Å². The number of imide groups is 2. The summed E-state index contributed by atoms with van der Waals surface area (Å²) >= 11 is 1.56. The van der Waals surface area contributed by atoms with Crippen LogP contribution in [0.15, 0.2) is 48.0 Å². The van der Waals surface area contributed by atoms with Crippen molar-refractivity contribution in [2.45, 2.75) is 97.0 Å². The van der Waals surface area contributed by atoms with Gasteiger partial charge in [0.1, 0.15) is 18.1 Å². The van der Waals surface area contributed by atoms with Gasteiger partial charge < -0.3 is 26.0 Å². The standard InChI is InChI=1S/C40H47N7O8S/c1-21(23-11-13-24(14-12-23)33-22(2)42-20-56-33)43-36(52)29-18-25(48)19-46(29)39(55)34(40(3,4)5)44-30(49)10-7-17-41-27-9-6-8-26-32(27)38(54)47(37(26)53)28-15-16-31(50)45-35(28)51/h6,8-9,11-14,20-21,25,28-29,34,41,48H,7,10,15-19H2,1-5H3,(H,43,52)(H,44,49)(H,45,50,51)/t21-,25+,28?,29-,34?/m0/s1. The molecule has 3 aromatic rings. The van der Waals surface area contributed by atoms with Crippen molar-refractivity contribution < 1.29 is 38.7 Å². The molecule has 5 N–H and O–H groups in total. The first-order chi connectivity index (χ1) is 26.5. The summed E-state index contributed by atoms with van der Waals surface area (Å²) in [5.41, 5.74) is 4.54. The Morgan fingerprint density at radius 3 is 2.43 bits per heavy atom. The van der Waals surface area contributed by atoms with E-state index in [0.29, 0.717) is 12.1 Å². The van der Waals surface area contributed by atoms with Gasteiger partial charge in [-0.3, -0.25) is 43.8 Å². The molecule has 4 heterocycles. The molecule has 0 saturated carbocycles. The summed E-state index contributed by atoms with van der Waals surface area (Å²) in [5, 5.41) is 21.8. The number of β-amino-alcohol motifs (C(OH)–C–C–N with tert-alkyl or cyclic N) is 1. The quantitative estimate of drug-likeness (QED) is 0.134. The highest BCUT2D eigenvalue weighted by atomic mass is 32.1. The van der Waals surface area contributed by atoms with Gasteiger partial charge in [0, 0.05) is 38.0 Å². The Bertz CT molecular complexity index is 2060. The van der Waals surface area contributed by atoms with E-state index in [1.807, 2.05) is 58.9 Å². The summed E-state index contributed by atoms with van der Waals surface area (Å²) in [6, 6.07) is 9.20. The van der Waals surface area contributed by atoms with Crippen molar-refractivity contribution in [3.8, 4) is 10.4 Å². The zero-order chi connectivity index (χ0) is 40.5. The Balaban J connectivity index is 1.04. The van der Waals surface area contributed by atoms with Crippen LogP contribution >= 0.6 is 11.3 Å². The van der Waals surface area contributed by atoms with E-state index in [4.69, 9.17) is 0 Å². The minimum absolute atomic E-state index is 0.0126. The lowest BCUT2D eigenvalue weighted by atomic mass is 9.85. The van der Waals surface area contributed by atoms with E-state index in [1.54, 1.807) is 29.0 Å². The van der Waals surface area contributed by atoms with Crippen LogP contribution in [0.5, 0.6) is 0 Å². The molecule has 0 spiro atoms. The first-order valence-corrected chi connectivity index (χ1v) is 19.6. The molecule has 296 valence electrons. The number of carbonyl (C=O) groups excluding carboxylic acids is 7. The lowest BCUT2D eigenvalue weighted by Gasteiger charge is -2.35. The van der Waals surface area contributed by atoms with Gasteiger partial charge in [-0.15, -0.1) is 11.3 Å². The Morgan fingerprint density at radius 1 is 1.04 bits per heavy atom. The molecule has 0 aliphatic carbocycles. The van der Waals surface area contributed by atoms with Gasteiger partial charge in [-0.05, 0) is 55.4 Å². The molecule has 7 amide bonds. The number of nitrogens with one attached hydrogen (secondary N) is 4. The zero-order valence-electron chi connectivity index (χ0n) is 32.0. The summed E-state index contributed by atoms with van der Waals surface area (Å²) in [6.07, 6.45) is -0.474. The molecule has 3 aliphatic heterocycles. The number of aromatic nitrogens is 1. The number of hydrogen-bond donors (Lipinski definition) is 5. The normalized spacial score (nSPS) is 20.7. The van der Waals surface area contributed by atoms with Crippen LogP contribution in [-0.2, 0) is 24.0 Å². The van der Waals surface area contributed by atoms with Gasteiger partial charge in [0.15, 0.2) is 0 Å². The van der Waals surface area contributed by atoms with E-state index in [-0.39, 0.29) is 55.9 Å². The smallest absolute Gasteiger partial charge is 0.264 e. The maximum Gasteiger partial charge on any atom is 0.264 e. The predicted octanol–water partition coefficient (Wildman–Crippen LogP) is 3.08. The van der Waals surface area contributed by atoms with Gasteiger partial charge in [0.05, 0.1) is 39.4 Å². The first kappa shape index (κ1) is 40.2. The monoisotopic (exact) mass is 785 g/mol. The number of aliphatic hydroxyl groups is 1. The predicted molar refractivity (Wildman–Crippen MR) is 207 cm³/mol. The number of anilines is 1. The first-order valence-electron chi connectivity index (χ1n) is 18.7. The number of aryl methyl sites for hydroxylation is 1. The van der Waals surface area contributed by atoms with Crippen molar-refractivity contribution in [1.29, 1.82) is 0 Å². The maximum absolute atomic E-state index is 14.1. The van der Waals surface area contributed by atoms with Crippen LogP contribution in [0, 0.1) is 12.3 Å². The lowest BCUT2D eigenvalue weighted by Crippen LogP contribution is -2.57. The molecule has 2 saturated heterocycles. The third-order valence-corrected chi connectivity index (χ3v) is 11.4. The Hall–Kier alpha value is -5.48. The number of amides is 7. The molecule has 56 heavy (non-hydrogen) atoms. The number of thiazole rings is 1. The Kier molecular flexibility index (Phi) is 11.7. The third-order valence-electron chi connectivity index (χ3n) is 10.4. The van der Waals surface area contributed by atoms with E-state index in [1.165, 1.54) is 11.0 Å². The maximum atomic E-state index is 14.1. The molecule has 1 aromatic heterocycles. The molecule has 3 aliphatic rings. The second-order valence-corrected chi connectivity index (χ2v) is 16.4. The minimum Gasteiger partial charge on any atom is -0.391 e. The number of likely N-dealkylation sites (tertiary alicyclic amines) is 1. The van der Waals surface area contributed by atoms with Crippen LogP contribution in [-0.4, -0.2) is 98.6 Å². The molecule has 2 unspecified atom stereocenters. The van der Waals surface area contributed by atoms with Crippen molar-refractivity contribution in [2.75, 3.05) is 18.4 Å².